The van der Waals surface area contributed by atoms with E-state index in [1.165, 1.54) is 7.11 Å². The second-order valence-electron chi connectivity index (χ2n) is 8.99. The molecule has 5 nitrogen and oxygen atoms in total. The van der Waals surface area contributed by atoms with Crippen molar-refractivity contribution in [1.29, 1.82) is 0 Å². The third kappa shape index (κ3) is 5.41. The zero-order valence-corrected chi connectivity index (χ0v) is 19.3. The highest BCUT2D eigenvalue weighted by Crippen LogP contribution is 2.35. The van der Waals surface area contributed by atoms with Gasteiger partial charge < -0.3 is 14.4 Å². The molecule has 0 spiro atoms. The highest BCUT2D eigenvalue weighted by molar-refractivity contribution is 5.90. The molecule has 30 heavy (non-hydrogen) atoms. The first-order valence-corrected chi connectivity index (χ1v) is 10.3. The van der Waals surface area contributed by atoms with Gasteiger partial charge in [-0.1, -0.05) is 39.0 Å². The quantitative estimate of drug-likeness (QED) is 0.562. The predicted octanol–water partition coefficient (Wildman–Crippen LogP) is 6.06. The van der Waals surface area contributed by atoms with E-state index in [0.717, 1.165) is 16.7 Å². The molecule has 0 radical (unpaired) electrons. The fourth-order valence-electron chi connectivity index (χ4n) is 3.38. The smallest absolute Gasteiger partial charge is 0.415 e. The van der Waals surface area contributed by atoms with E-state index in [2.05, 4.69) is 20.8 Å². The van der Waals surface area contributed by atoms with Crippen LogP contribution in [0.5, 0.6) is 5.75 Å². The van der Waals surface area contributed by atoms with Crippen LogP contribution >= 0.6 is 0 Å². The van der Waals surface area contributed by atoms with Crippen molar-refractivity contribution in [3.05, 3.63) is 53.6 Å². The van der Waals surface area contributed by atoms with Gasteiger partial charge in [-0.3, -0.25) is 0 Å². The van der Waals surface area contributed by atoms with Crippen LogP contribution in [0.1, 0.15) is 64.4 Å². The topological polar surface area (TPSA) is 55.8 Å². The van der Waals surface area contributed by atoms with Crippen LogP contribution in [-0.2, 0) is 10.2 Å². The number of ether oxygens (including phenoxy) is 2. The molecule has 0 fully saturated rings. The van der Waals surface area contributed by atoms with Crippen molar-refractivity contribution >= 4 is 12.1 Å². The largest absolute Gasteiger partial charge is 0.465 e. The molecule has 5 heteroatoms. The Bertz CT molecular complexity index is 884. The molecular formula is C25H33NO4. The number of carbonyl (C=O) groups excluding carboxylic acids is 2. The average Bonchev–Trinajstić information content (AvgIpc) is 2.66. The molecule has 0 N–H and O–H groups in total. The summed E-state index contributed by atoms with van der Waals surface area (Å²) in [4.78, 5) is 26.4. The number of benzene rings is 2. The summed E-state index contributed by atoms with van der Waals surface area (Å²) in [5, 5.41) is 0. The van der Waals surface area contributed by atoms with E-state index in [9.17, 15) is 9.59 Å². The van der Waals surface area contributed by atoms with Gasteiger partial charge in [-0.05, 0) is 68.5 Å². The molecule has 0 aliphatic rings. The van der Waals surface area contributed by atoms with Crippen LogP contribution in [-0.4, -0.2) is 36.2 Å². The van der Waals surface area contributed by atoms with Gasteiger partial charge in [-0.2, -0.15) is 0 Å². The van der Waals surface area contributed by atoms with Crippen molar-refractivity contribution in [2.75, 3.05) is 7.11 Å². The van der Waals surface area contributed by atoms with Crippen LogP contribution in [0.25, 0.3) is 11.1 Å². The summed E-state index contributed by atoms with van der Waals surface area (Å²) in [5.74, 6) is 0.103. The minimum atomic E-state index is -0.388. The summed E-state index contributed by atoms with van der Waals surface area (Å²) in [7, 11) is 1.36. The van der Waals surface area contributed by atoms with E-state index in [1.54, 1.807) is 17.0 Å². The van der Waals surface area contributed by atoms with Crippen molar-refractivity contribution in [2.24, 2.45) is 0 Å². The minimum Gasteiger partial charge on any atom is -0.465 e. The molecule has 0 atom stereocenters. The molecule has 0 aliphatic heterocycles. The summed E-state index contributed by atoms with van der Waals surface area (Å²) < 4.78 is 10.6. The molecule has 162 valence electrons. The number of hydrogen-bond donors (Lipinski definition) is 0. The second kappa shape index (κ2) is 9.33. The van der Waals surface area contributed by atoms with Crippen LogP contribution in [0.15, 0.2) is 42.5 Å². The maximum absolute atomic E-state index is 12.9. The zero-order chi connectivity index (χ0) is 22.6. The number of esters is 1. The van der Waals surface area contributed by atoms with E-state index in [0.29, 0.717) is 11.3 Å². The Morgan fingerprint density at radius 2 is 1.47 bits per heavy atom. The molecule has 0 bridgehead atoms. The van der Waals surface area contributed by atoms with Gasteiger partial charge in [-0.25, -0.2) is 9.59 Å². The number of hydrogen-bond acceptors (Lipinski definition) is 4. The Balaban J connectivity index is 2.51. The molecule has 2 rings (SSSR count). The van der Waals surface area contributed by atoms with Crippen LogP contribution < -0.4 is 4.74 Å². The summed E-state index contributed by atoms with van der Waals surface area (Å²) in [6, 6.07) is 13.0. The molecule has 1 amide bonds. The van der Waals surface area contributed by atoms with Gasteiger partial charge in [0.05, 0.1) is 12.7 Å². The molecule has 0 aromatic heterocycles. The average molecular weight is 412 g/mol. The third-order valence-electron chi connectivity index (χ3n) is 4.98. The molecular weight excluding hydrogens is 378 g/mol. The fraction of sp³-hybridized carbons (Fsp3) is 0.440. The zero-order valence-electron chi connectivity index (χ0n) is 19.3. The molecule has 0 saturated carbocycles. The van der Waals surface area contributed by atoms with Gasteiger partial charge in [-0.15, -0.1) is 0 Å². The number of rotatable bonds is 5. The van der Waals surface area contributed by atoms with E-state index >= 15 is 0 Å². The third-order valence-corrected chi connectivity index (χ3v) is 4.98. The van der Waals surface area contributed by atoms with Gasteiger partial charge in [0.25, 0.3) is 0 Å². The molecule has 2 aromatic rings. The van der Waals surface area contributed by atoms with Crippen molar-refractivity contribution < 1.29 is 19.1 Å². The van der Waals surface area contributed by atoms with Gasteiger partial charge in [0.1, 0.15) is 5.75 Å². The van der Waals surface area contributed by atoms with Gasteiger partial charge in [0.2, 0.25) is 0 Å². The Kier molecular flexibility index (Phi) is 7.30. The number of amides is 1. The molecule has 0 aliphatic carbocycles. The van der Waals surface area contributed by atoms with E-state index in [1.807, 2.05) is 58.0 Å². The summed E-state index contributed by atoms with van der Waals surface area (Å²) in [6.45, 7) is 14.3. The highest BCUT2D eigenvalue weighted by atomic mass is 16.6. The van der Waals surface area contributed by atoms with Crippen molar-refractivity contribution in [3.8, 4) is 16.9 Å². The second-order valence-corrected chi connectivity index (χ2v) is 8.99. The fourth-order valence-corrected chi connectivity index (χ4v) is 3.38. The number of carbonyl (C=O) groups is 2. The van der Waals surface area contributed by atoms with Crippen molar-refractivity contribution in [2.45, 2.75) is 66.0 Å². The van der Waals surface area contributed by atoms with Crippen LogP contribution in [0.2, 0.25) is 0 Å². The SMILES string of the molecule is COC(=O)c1ccc(-c2cc(C(C)(C)C)ccc2OC(=O)N(C(C)C)C(C)C)cc1. The lowest BCUT2D eigenvalue weighted by atomic mass is 9.85. The van der Waals surface area contributed by atoms with Crippen LogP contribution in [0.3, 0.4) is 0 Å². The normalized spacial score (nSPS) is 11.5. The van der Waals surface area contributed by atoms with Crippen LogP contribution in [0, 0.1) is 0 Å². The molecule has 0 unspecified atom stereocenters. The Hall–Kier alpha value is -2.82. The first kappa shape index (κ1) is 23.5. The minimum absolute atomic E-state index is 0.0224. The summed E-state index contributed by atoms with van der Waals surface area (Å²) >= 11 is 0. The Morgan fingerprint density at radius 3 is 1.93 bits per heavy atom. The van der Waals surface area contributed by atoms with Crippen molar-refractivity contribution in [1.82, 2.24) is 4.90 Å². The van der Waals surface area contributed by atoms with Gasteiger partial charge >= 0.3 is 12.1 Å². The standard InChI is InChI=1S/C25H33NO4/c1-16(2)26(17(3)4)24(28)30-22-14-13-20(25(5,6)7)15-21(22)18-9-11-19(12-10-18)23(27)29-8/h9-17H,1-8H3. The van der Waals surface area contributed by atoms with Crippen molar-refractivity contribution in [3.63, 3.8) is 0 Å². The number of nitrogens with zero attached hydrogens (tertiary/aromatic N) is 1. The summed E-state index contributed by atoms with van der Waals surface area (Å²) in [5.41, 5.74) is 3.19. The Morgan fingerprint density at radius 1 is 0.900 bits per heavy atom. The maximum atomic E-state index is 12.9. The summed E-state index contributed by atoms with van der Waals surface area (Å²) in [6.07, 6.45) is -0.379. The van der Waals surface area contributed by atoms with Gasteiger partial charge in [0, 0.05) is 17.6 Å². The van der Waals surface area contributed by atoms with E-state index in [4.69, 9.17) is 9.47 Å². The molecule has 2 aromatic carbocycles. The first-order chi connectivity index (χ1) is 14.0. The van der Waals surface area contributed by atoms with Crippen LogP contribution in [0.4, 0.5) is 4.79 Å². The Labute approximate surface area is 180 Å². The monoisotopic (exact) mass is 411 g/mol. The van der Waals surface area contributed by atoms with E-state index in [-0.39, 0.29) is 29.6 Å². The molecule has 0 heterocycles. The predicted molar refractivity (Wildman–Crippen MR) is 120 cm³/mol. The lowest BCUT2D eigenvalue weighted by molar-refractivity contribution is 0.0600. The lowest BCUT2D eigenvalue weighted by Crippen LogP contribution is -2.43. The highest BCUT2D eigenvalue weighted by Gasteiger charge is 2.24. The first-order valence-electron chi connectivity index (χ1n) is 10.3. The van der Waals surface area contributed by atoms with Gasteiger partial charge in [0.15, 0.2) is 0 Å². The lowest BCUT2D eigenvalue weighted by Gasteiger charge is -2.30. The maximum Gasteiger partial charge on any atom is 0.415 e. The van der Waals surface area contributed by atoms with E-state index < -0.39 is 0 Å². The number of methoxy groups -OCH3 is 1. The molecule has 0 saturated heterocycles.